The fraction of sp³-hybridized carbons (Fsp3) is 0.375. The minimum atomic E-state index is -1.38. The van der Waals surface area contributed by atoms with E-state index in [2.05, 4.69) is 15.3 Å². The van der Waals surface area contributed by atoms with Crippen LogP contribution in [0.3, 0.4) is 0 Å². The van der Waals surface area contributed by atoms with E-state index < -0.39 is 23.1 Å². The third-order valence-corrected chi connectivity index (χ3v) is 1.80. The summed E-state index contributed by atoms with van der Waals surface area (Å²) in [6, 6.07) is 0. The first-order chi connectivity index (χ1) is 6.83. The topological polar surface area (TPSA) is 115 Å². The standard InChI is InChI=1S/C8H11N3O4/c1-8(2,6(13)14)11-5(12)4-3-9-7(15)10-4/h3H,1-2H3,(H,11,12)(H,13,14)(H2,9,10,15). The largest absolute Gasteiger partial charge is 0.480 e. The average Bonchev–Trinajstić information content (AvgIpc) is 2.50. The molecule has 7 nitrogen and oxygen atoms in total. The Bertz CT molecular complexity index is 443. The Morgan fingerprint density at radius 1 is 1.47 bits per heavy atom. The molecule has 1 rings (SSSR count). The summed E-state index contributed by atoms with van der Waals surface area (Å²) >= 11 is 0. The van der Waals surface area contributed by atoms with E-state index >= 15 is 0 Å². The van der Waals surface area contributed by atoms with E-state index in [4.69, 9.17) is 5.11 Å². The van der Waals surface area contributed by atoms with E-state index in [0.717, 1.165) is 0 Å². The Labute approximate surface area is 84.5 Å². The van der Waals surface area contributed by atoms with Gasteiger partial charge in [0, 0.05) is 6.20 Å². The van der Waals surface area contributed by atoms with Crippen LogP contribution >= 0.6 is 0 Å². The second-order valence-corrected chi connectivity index (χ2v) is 3.54. The van der Waals surface area contributed by atoms with Crippen molar-refractivity contribution >= 4 is 11.9 Å². The molecule has 0 aliphatic rings. The van der Waals surface area contributed by atoms with Gasteiger partial charge in [0.05, 0.1) is 0 Å². The predicted molar refractivity (Wildman–Crippen MR) is 50.6 cm³/mol. The smallest absolute Gasteiger partial charge is 0.328 e. The Morgan fingerprint density at radius 3 is 2.47 bits per heavy atom. The minimum Gasteiger partial charge on any atom is -0.480 e. The summed E-state index contributed by atoms with van der Waals surface area (Å²) in [6.07, 6.45) is 1.18. The molecule has 0 fully saturated rings. The summed E-state index contributed by atoms with van der Waals surface area (Å²) < 4.78 is 0. The number of carboxylic acids is 1. The molecular formula is C8H11N3O4. The molecule has 1 amide bonds. The molecule has 15 heavy (non-hydrogen) atoms. The van der Waals surface area contributed by atoms with Crippen molar-refractivity contribution in [1.29, 1.82) is 0 Å². The molecule has 0 aliphatic carbocycles. The lowest BCUT2D eigenvalue weighted by Crippen LogP contribution is -2.49. The highest BCUT2D eigenvalue weighted by Crippen LogP contribution is 2.03. The molecule has 0 saturated heterocycles. The SMILES string of the molecule is CC(C)(NC(=O)c1c[nH]c(=O)[nH]1)C(=O)O. The van der Waals surface area contributed by atoms with E-state index in [1.807, 2.05) is 0 Å². The lowest BCUT2D eigenvalue weighted by molar-refractivity contribution is -0.143. The lowest BCUT2D eigenvalue weighted by atomic mass is 10.1. The molecule has 1 aromatic heterocycles. The summed E-state index contributed by atoms with van der Waals surface area (Å²) in [7, 11) is 0. The van der Waals surface area contributed by atoms with Crippen molar-refractivity contribution in [3.63, 3.8) is 0 Å². The van der Waals surface area contributed by atoms with Crippen molar-refractivity contribution in [3.05, 3.63) is 22.4 Å². The van der Waals surface area contributed by atoms with Crippen LogP contribution in [0, 0.1) is 0 Å². The number of hydrogen-bond donors (Lipinski definition) is 4. The van der Waals surface area contributed by atoms with Crippen molar-refractivity contribution in [1.82, 2.24) is 15.3 Å². The number of carbonyl (C=O) groups excluding carboxylic acids is 1. The van der Waals surface area contributed by atoms with Gasteiger partial charge in [-0.3, -0.25) is 4.79 Å². The molecule has 0 atom stereocenters. The Hall–Kier alpha value is -2.05. The van der Waals surface area contributed by atoms with Gasteiger partial charge in [-0.2, -0.15) is 0 Å². The maximum atomic E-state index is 11.4. The molecule has 0 bridgehead atoms. The third-order valence-electron chi connectivity index (χ3n) is 1.80. The zero-order valence-electron chi connectivity index (χ0n) is 8.25. The number of carbonyl (C=O) groups is 2. The zero-order chi connectivity index (χ0) is 11.6. The van der Waals surface area contributed by atoms with Crippen molar-refractivity contribution < 1.29 is 14.7 Å². The van der Waals surface area contributed by atoms with Crippen LogP contribution in [0.5, 0.6) is 0 Å². The Kier molecular flexibility index (Phi) is 2.65. The van der Waals surface area contributed by atoms with Gasteiger partial charge in [0.1, 0.15) is 11.2 Å². The second-order valence-electron chi connectivity index (χ2n) is 3.54. The summed E-state index contributed by atoms with van der Waals surface area (Å²) in [5.41, 5.74) is -1.91. The molecule has 0 spiro atoms. The van der Waals surface area contributed by atoms with Crippen LogP contribution in [0.15, 0.2) is 11.0 Å². The van der Waals surface area contributed by atoms with Crippen LogP contribution in [0.1, 0.15) is 24.3 Å². The number of amides is 1. The number of rotatable bonds is 3. The Morgan fingerprint density at radius 2 is 2.07 bits per heavy atom. The van der Waals surface area contributed by atoms with Gasteiger partial charge in [-0.1, -0.05) is 0 Å². The van der Waals surface area contributed by atoms with E-state index in [1.54, 1.807) is 0 Å². The Balaban J connectivity index is 2.81. The van der Waals surface area contributed by atoms with E-state index in [9.17, 15) is 14.4 Å². The van der Waals surface area contributed by atoms with Crippen molar-refractivity contribution in [2.24, 2.45) is 0 Å². The maximum Gasteiger partial charge on any atom is 0.328 e. The van der Waals surface area contributed by atoms with Crippen molar-refractivity contribution in [3.8, 4) is 0 Å². The zero-order valence-corrected chi connectivity index (χ0v) is 8.25. The number of hydrogen-bond acceptors (Lipinski definition) is 3. The van der Waals surface area contributed by atoms with Gasteiger partial charge < -0.3 is 20.4 Å². The van der Waals surface area contributed by atoms with Crippen LogP contribution in [0.2, 0.25) is 0 Å². The lowest BCUT2D eigenvalue weighted by Gasteiger charge is -2.20. The number of aromatic amines is 2. The molecule has 0 radical (unpaired) electrons. The summed E-state index contributed by atoms with van der Waals surface area (Å²) in [4.78, 5) is 37.3. The van der Waals surface area contributed by atoms with Gasteiger partial charge in [-0.25, -0.2) is 9.59 Å². The van der Waals surface area contributed by atoms with Crippen molar-refractivity contribution in [2.75, 3.05) is 0 Å². The van der Waals surface area contributed by atoms with E-state index in [0.29, 0.717) is 0 Å². The molecule has 0 unspecified atom stereocenters. The number of nitrogens with one attached hydrogen (secondary N) is 3. The first kappa shape index (κ1) is 11.0. The number of H-pyrrole nitrogens is 2. The number of aliphatic carboxylic acids is 1. The highest BCUT2D eigenvalue weighted by atomic mass is 16.4. The molecule has 1 heterocycles. The molecule has 1 aromatic rings. The normalized spacial score (nSPS) is 11.1. The summed E-state index contributed by atoms with van der Waals surface area (Å²) in [5, 5.41) is 11.0. The molecule has 0 saturated carbocycles. The average molecular weight is 213 g/mol. The van der Waals surface area contributed by atoms with Crippen LogP contribution in [-0.4, -0.2) is 32.5 Å². The maximum absolute atomic E-state index is 11.4. The van der Waals surface area contributed by atoms with Gasteiger partial charge in [0.25, 0.3) is 5.91 Å². The third kappa shape index (κ3) is 2.46. The van der Waals surface area contributed by atoms with E-state index in [-0.39, 0.29) is 5.69 Å². The fourth-order valence-corrected chi connectivity index (χ4v) is 0.859. The second kappa shape index (κ2) is 3.60. The predicted octanol–water partition coefficient (Wildman–Crippen LogP) is -0.704. The molecule has 82 valence electrons. The van der Waals surface area contributed by atoms with Crippen LogP contribution in [0.4, 0.5) is 0 Å². The summed E-state index contributed by atoms with van der Waals surface area (Å²) in [6.45, 7) is 2.69. The van der Waals surface area contributed by atoms with Crippen LogP contribution in [-0.2, 0) is 4.79 Å². The molecule has 0 aromatic carbocycles. The van der Waals surface area contributed by atoms with Gasteiger partial charge >= 0.3 is 11.7 Å². The number of carboxylic acid groups (broad SMARTS) is 1. The highest BCUT2D eigenvalue weighted by Gasteiger charge is 2.29. The number of imidazole rings is 1. The summed E-state index contributed by atoms with van der Waals surface area (Å²) in [5.74, 6) is -1.81. The van der Waals surface area contributed by atoms with Crippen LogP contribution < -0.4 is 11.0 Å². The van der Waals surface area contributed by atoms with Gasteiger partial charge in [-0.15, -0.1) is 0 Å². The molecule has 0 aliphatic heterocycles. The quantitative estimate of drug-likeness (QED) is 0.531. The monoisotopic (exact) mass is 213 g/mol. The molecular weight excluding hydrogens is 202 g/mol. The first-order valence-electron chi connectivity index (χ1n) is 4.16. The van der Waals surface area contributed by atoms with Gasteiger partial charge in [0.15, 0.2) is 0 Å². The molecule has 7 heteroatoms. The number of aromatic nitrogens is 2. The van der Waals surface area contributed by atoms with Crippen molar-refractivity contribution in [2.45, 2.75) is 19.4 Å². The molecule has 4 N–H and O–H groups in total. The van der Waals surface area contributed by atoms with E-state index in [1.165, 1.54) is 20.0 Å². The first-order valence-corrected chi connectivity index (χ1v) is 4.16. The minimum absolute atomic E-state index is 0.00525. The van der Waals surface area contributed by atoms with Crippen LogP contribution in [0.25, 0.3) is 0 Å². The van der Waals surface area contributed by atoms with Gasteiger partial charge in [0.2, 0.25) is 0 Å². The fourth-order valence-electron chi connectivity index (χ4n) is 0.859. The highest BCUT2D eigenvalue weighted by molar-refractivity contribution is 5.95. The van der Waals surface area contributed by atoms with Gasteiger partial charge in [-0.05, 0) is 13.8 Å².